The van der Waals surface area contributed by atoms with Gasteiger partial charge in [-0.2, -0.15) is 15.0 Å². The predicted octanol–water partition coefficient (Wildman–Crippen LogP) is 1.33. The van der Waals surface area contributed by atoms with Crippen LogP contribution >= 0.6 is 0 Å². The van der Waals surface area contributed by atoms with Crippen LogP contribution < -0.4 is 9.62 Å². The topological polar surface area (TPSA) is 88.1 Å². The molecule has 22 heavy (non-hydrogen) atoms. The lowest BCUT2D eigenvalue weighted by Gasteiger charge is -2.12. The number of aryl methyl sites for hydroxylation is 1. The average molecular weight is 329 g/mol. The van der Waals surface area contributed by atoms with Crippen molar-refractivity contribution in [3.05, 3.63) is 35.7 Å². The first kappa shape index (κ1) is 16.0. The van der Waals surface area contributed by atoms with E-state index in [9.17, 15) is 17.2 Å². The number of nitrogens with zero attached hydrogens (tertiary/aromatic N) is 4. The Balaban J connectivity index is 2.38. The first-order chi connectivity index (χ1) is 10.2. The van der Waals surface area contributed by atoms with Crippen molar-refractivity contribution in [1.29, 1.82) is 0 Å². The molecular weight excluding hydrogens is 316 g/mol. The van der Waals surface area contributed by atoms with Gasteiger partial charge in [0.05, 0.1) is 4.90 Å². The number of hydrogen-bond acceptors (Lipinski definition) is 6. The van der Waals surface area contributed by atoms with E-state index in [4.69, 9.17) is 0 Å². The van der Waals surface area contributed by atoms with Crippen LogP contribution in [0.1, 0.15) is 5.82 Å². The second kappa shape index (κ2) is 5.79. The third-order valence-corrected chi connectivity index (χ3v) is 3.89. The smallest absolute Gasteiger partial charge is 0.264 e. The van der Waals surface area contributed by atoms with Crippen LogP contribution in [0.2, 0.25) is 0 Å². The quantitative estimate of drug-likeness (QED) is 0.910. The SMILES string of the molecule is Cc1nc(NS(=O)(=O)c2ccc(F)c(F)c2)nc(N(C)C)n1. The number of aromatic nitrogens is 3. The fourth-order valence-corrected chi connectivity index (χ4v) is 2.49. The van der Waals surface area contributed by atoms with Crippen molar-refractivity contribution in [2.24, 2.45) is 0 Å². The largest absolute Gasteiger partial charge is 0.347 e. The molecule has 0 aliphatic rings. The molecule has 10 heteroatoms. The van der Waals surface area contributed by atoms with Crippen LogP contribution in [-0.2, 0) is 10.0 Å². The molecule has 1 heterocycles. The molecule has 0 fully saturated rings. The van der Waals surface area contributed by atoms with Gasteiger partial charge < -0.3 is 4.90 Å². The summed E-state index contributed by atoms with van der Waals surface area (Å²) >= 11 is 0. The number of anilines is 2. The second-order valence-electron chi connectivity index (χ2n) is 4.58. The lowest BCUT2D eigenvalue weighted by molar-refractivity contribution is 0.504. The van der Waals surface area contributed by atoms with Gasteiger partial charge in [-0.25, -0.2) is 21.9 Å². The fraction of sp³-hybridized carbons (Fsp3) is 0.250. The summed E-state index contributed by atoms with van der Waals surface area (Å²) in [6, 6.07) is 2.26. The Morgan fingerprint density at radius 1 is 1.09 bits per heavy atom. The van der Waals surface area contributed by atoms with E-state index < -0.39 is 26.6 Å². The molecule has 2 aromatic rings. The third kappa shape index (κ3) is 3.45. The van der Waals surface area contributed by atoms with Crippen LogP contribution in [0.3, 0.4) is 0 Å². The van der Waals surface area contributed by atoms with Crippen LogP contribution in [0.4, 0.5) is 20.7 Å². The Morgan fingerprint density at radius 3 is 2.36 bits per heavy atom. The Hall–Kier alpha value is -2.36. The maximum atomic E-state index is 13.2. The molecule has 0 radical (unpaired) electrons. The minimum absolute atomic E-state index is 0.207. The molecule has 1 aromatic heterocycles. The summed E-state index contributed by atoms with van der Waals surface area (Å²) in [5.41, 5.74) is 0. The van der Waals surface area contributed by atoms with E-state index in [0.717, 1.165) is 12.1 Å². The van der Waals surface area contributed by atoms with Crippen molar-refractivity contribution in [3.8, 4) is 0 Å². The molecular formula is C12H13F2N5O2S. The monoisotopic (exact) mass is 329 g/mol. The van der Waals surface area contributed by atoms with Gasteiger partial charge >= 0.3 is 0 Å². The maximum Gasteiger partial charge on any atom is 0.264 e. The standard InChI is InChI=1S/C12H13F2N5O2S/c1-7-15-11(17-12(16-7)19(2)3)18-22(20,21)8-4-5-9(13)10(14)6-8/h4-6H,1-3H3,(H,15,16,17,18). The number of hydrogen-bond donors (Lipinski definition) is 1. The van der Waals surface area contributed by atoms with Crippen LogP contribution in [0, 0.1) is 18.6 Å². The van der Waals surface area contributed by atoms with E-state index in [1.165, 1.54) is 0 Å². The highest BCUT2D eigenvalue weighted by Crippen LogP contribution is 2.17. The molecule has 0 aliphatic carbocycles. The molecule has 0 atom stereocenters. The molecule has 0 saturated heterocycles. The molecule has 118 valence electrons. The molecule has 1 N–H and O–H groups in total. The van der Waals surface area contributed by atoms with Gasteiger partial charge in [-0.3, -0.25) is 0 Å². The highest BCUT2D eigenvalue weighted by molar-refractivity contribution is 7.92. The second-order valence-corrected chi connectivity index (χ2v) is 6.26. The van der Waals surface area contributed by atoms with Crippen molar-refractivity contribution < 1.29 is 17.2 Å². The Labute approximate surface area is 126 Å². The highest BCUT2D eigenvalue weighted by Gasteiger charge is 2.19. The molecule has 0 saturated carbocycles. The van der Waals surface area contributed by atoms with Crippen LogP contribution in [0.5, 0.6) is 0 Å². The summed E-state index contributed by atoms with van der Waals surface area (Å²) in [6.45, 7) is 1.57. The number of benzene rings is 1. The third-order valence-electron chi connectivity index (χ3n) is 2.56. The molecule has 0 aliphatic heterocycles. The van der Waals surface area contributed by atoms with Gasteiger partial charge in [-0.15, -0.1) is 0 Å². The molecule has 0 unspecified atom stereocenters. The summed E-state index contributed by atoms with van der Waals surface area (Å²) in [6.07, 6.45) is 0. The zero-order valence-electron chi connectivity index (χ0n) is 12.0. The van der Waals surface area contributed by atoms with E-state index in [1.807, 2.05) is 0 Å². The fourth-order valence-electron chi connectivity index (χ4n) is 1.54. The highest BCUT2D eigenvalue weighted by atomic mass is 32.2. The van der Waals surface area contributed by atoms with Gasteiger partial charge in [0.25, 0.3) is 10.0 Å². The van der Waals surface area contributed by atoms with E-state index in [-0.39, 0.29) is 11.9 Å². The lowest BCUT2D eigenvalue weighted by atomic mass is 10.3. The summed E-state index contributed by atoms with van der Waals surface area (Å²) in [5, 5.41) is 0. The average Bonchev–Trinajstić information content (AvgIpc) is 2.40. The molecule has 0 bridgehead atoms. The summed E-state index contributed by atoms with van der Waals surface area (Å²) < 4.78 is 52.4. The minimum Gasteiger partial charge on any atom is -0.347 e. The van der Waals surface area contributed by atoms with E-state index in [2.05, 4.69) is 19.7 Å². The van der Waals surface area contributed by atoms with Gasteiger partial charge in [0.1, 0.15) is 5.82 Å². The number of rotatable bonds is 4. The first-order valence-electron chi connectivity index (χ1n) is 6.07. The molecule has 7 nitrogen and oxygen atoms in total. The van der Waals surface area contributed by atoms with Gasteiger partial charge in [-0.1, -0.05) is 0 Å². The van der Waals surface area contributed by atoms with E-state index in [1.54, 1.807) is 25.9 Å². The first-order valence-corrected chi connectivity index (χ1v) is 7.55. The maximum absolute atomic E-state index is 13.2. The molecule has 2 rings (SSSR count). The van der Waals surface area contributed by atoms with Crippen LogP contribution in [0.15, 0.2) is 23.1 Å². The molecule has 0 amide bonds. The van der Waals surface area contributed by atoms with Gasteiger partial charge in [0.15, 0.2) is 11.6 Å². The van der Waals surface area contributed by atoms with E-state index >= 15 is 0 Å². The van der Waals surface area contributed by atoms with Crippen molar-refractivity contribution in [3.63, 3.8) is 0 Å². The molecule has 1 aromatic carbocycles. The van der Waals surface area contributed by atoms with Crippen molar-refractivity contribution in [1.82, 2.24) is 15.0 Å². The van der Waals surface area contributed by atoms with E-state index in [0.29, 0.717) is 11.9 Å². The summed E-state index contributed by atoms with van der Waals surface area (Å²) in [5.74, 6) is -2.04. The van der Waals surface area contributed by atoms with Crippen molar-refractivity contribution in [2.75, 3.05) is 23.7 Å². The normalized spacial score (nSPS) is 11.3. The van der Waals surface area contributed by atoms with Crippen molar-refractivity contribution in [2.45, 2.75) is 11.8 Å². The van der Waals surface area contributed by atoms with Crippen molar-refractivity contribution >= 4 is 21.9 Å². The van der Waals surface area contributed by atoms with Gasteiger partial charge in [0, 0.05) is 14.1 Å². The van der Waals surface area contributed by atoms with Crippen LogP contribution in [0.25, 0.3) is 0 Å². The Bertz CT molecular complexity index is 811. The molecule has 0 spiro atoms. The number of halogens is 2. The zero-order chi connectivity index (χ0) is 16.5. The Kier molecular flexibility index (Phi) is 4.22. The summed E-state index contributed by atoms with van der Waals surface area (Å²) in [7, 11) is -0.774. The lowest BCUT2D eigenvalue weighted by Crippen LogP contribution is -2.19. The summed E-state index contributed by atoms with van der Waals surface area (Å²) in [4.78, 5) is 12.9. The van der Waals surface area contributed by atoms with Gasteiger partial charge in [0.2, 0.25) is 11.9 Å². The minimum atomic E-state index is -4.14. The number of sulfonamides is 1. The van der Waals surface area contributed by atoms with Crippen LogP contribution in [-0.4, -0.2) is 37.5 Å². The van der Waals surface area contributed by atoms with Gasteiger partial charge in [-0.05, 0) is 25.1 Å². The number of nitrogens with one attached hydrogen (secondary N) is 1. The Morgan fingerprint density at radius 2 is 1.77 bits per heavy atom. The predicted molar refractivity (Wildman–Crippen MR) is 76.1 cm³/mol. The zero-order valence-corrected chi connectivity index (χ0v) is 12.8.